The highest BCUT2D eigenvalue weighted by Crippen LogP contribution is 2.65. The third kappa shape index (κ3) is 4.37. The second kappa shape index (κ2) is 8.11. The topological polar surface area (TPSA) is 74.3 Å². The Morgan fingerprint density at radius 1 is 1.35 bits per heavy atom. The van der Waals surface area contributed by atoms with Crippen molar-refractivity contribution in [3.8, 4) is 0 Å². The minimum absolute atomic E-state index is 0.00602. The molecule has 12 heteroatoms. The molecule has 5 rings (SSSR count). The van der Waals surface area contributed by atoms with Crippen LogP contribution in [0.15, 0.2) is 23.4 Å². The number of nitrogens with zero attached hydrogens (tertiary/aromatic N) is 4. The molecule has 3 saturated carbocycles. The van der Waals surface area contributed by atoms with Crippen molar-refractivity contribution in [3.05, 3.63) is 35.3 Å². The van der Waals surface area contributed by atoms with Crippen molar-refractivity contribution in [1.82, 2.24) is 14.1 Å². The number of hydrogen-bond donors (Lipinski definition) is 2. The molecule has 0 aromatic carbocycles. The van der Waals surface area contributed by atoms with Gasteiger partial charge in [0.2, 0.25) is 6.20 Å². The highest BCUT2D eigenvalue weighted by Gasteiger charge is 2.62. The molecule has 34 heavy (non-hydrogen) atoms. The van der Waals surface area contributed by atoms with Gasteiger partial charge in [-0.15, -0.1) is 0 Å². The van der Waals surface area contributed by atoms with Gasteiger partial charge in [-0.3, -0.25) is 14.7 Å². The lowest BCUT2D eigenvalue weighted by molar-refractivity contribution is -0.932. The average Bonchev–Trinajstić information content (AvgIpc) is 3.61. The molecule has 2 aromatic heterocycles. The summed E-state index contributed by atoms with van der Waals surface area (Å²) in [5, 5.41) is 17.2. The molecule has 2 heterocycles. The van der Waals surface area contributed by atoms with Gasteiger partial charge in [0.25, 0.3) is 5.91 Å². The SMILES string of the molecule is CN(C)Sc1cc(NC(=O)c2c(C(F)(F)F)c(C3CC3)nn2CC2CC3(C2)CC3F)cc[n+]1O. The molecule has 0 saturated heterocycles. The Balaban J connectivity index is 1.46. The summed E-state index contributed by atoms with van der Waals surface area (Å²) in [5.41, 5.74) is -1.62. The van der Waals surface area contributed by atoms with Gasteiger partial charge in [-0.1, -0.05) is 0 Å². The first-order valence-corrected chi connectivity index (χ1v) is 12.0. The standard InChI is InChI=1S/C22H25F4N5O2S/c1-29(2)34-16-7-14(5-6-31(16)33)27-20(32)19-17(22(24,25)26)18(13-3-4-13)28-30(19)11-12-8-21(9-12)10-15(21)23/h5-7,12-13,15,33H,3-4,8-11H2,1-2H3/p+1. The summed E-state index contributed by atoms with van der Waals surface area (Å²) in [5.74, 6) is -1.22. The smallest absolute Gasteiger partial charge is 0.320 e. The number of anilines is 1. The van der Waals surface area contributed by atoms with Gasteiger partial charge in [0.05, 0.1) is 11.4 Å². The second-order valence-corrected chi connectivity index (χ2v) is 11.2. The molecule has 3 aliphatic carbocycles. The van der Waals surface area contributed by atoms with Gasteiger partial charge in [0, 0.05) is 46.7 Å². The maximum absolute atomic E-state index is 14.2. The average molecular weight is 501 g/mol. The fraction of sp³-hybridized carbons (Fsp3) is 0.591. The molecular formula is C22H26F4N5O2S+. The number of rotatable bonds is 7. The molecule has 0 aliphatic heterocycles. The van der Waals surface area contributed by atoms with Crippen molar-refractivity contribution in [3.63, 3.8) is 0 Å². The van der Waals surface area contributed by atoms with Crippen LogP contribution in [0.2, 0.25) is 0 Å². The van der Waals surface area contributed by atoms with Crippen LogP contribution in [0.4, 0.5) is 23.2 Å². The zero-order valence-corrected chi connectivity index (χ0v) is 19.6. The van der Waals surface area contributed by atoms with Crippen molar-refractivity contribution < 1.29 is 32.3 Å². The van der Waals surface area contributed by atoms with E-state index in [1.807, 2.05) is 0 Å². The zero-order chi connectivity index (χ0) is 24.4. The molecule has 0 radical (unpaired) electrons. The van der Waals surface area contributed by atoms with Crippen LogP contribution in [0.5, 0.6) is 0 Å². The molecular weight excluding hydrogens is 474 g/mol. The molecule has 3 aliphatic rings. The van der Waals surface area contributed by atoms with Crippen LogP contribution in [-0.2, 0) is 12.7 Å². The van der Waals surface area contributed by atoms with Gasteiger partial charge in [-0.05, 0) is 52.1 Å². The molecule has 184 valence electrons. The van der Waals surface area contributed by atoms with Crippen molar-refractivity contribution >= 4 is 23.5 Å². The van der Waals surface area contributed by atoms with Gasteiger partial charge in [-0.2, -0.15) is 18.3 Å². The van der Waals surface area contributed by atoms with Crippen molar-refractivity contribution in [2.75, 3.05) is 19.4 Å². The predicted molar refractivity (Wildman–Crippen MR) is 115 cm³/mol. The number of carbonyl (C=O) groups excluding carboxylic acids is 1. The Bertz CT molecular complexity index is 1130. The Morgan fingerprint density at radius 3 is 2.59 bits per heavy atom. The van der Waals surface area contributed by atoms with E-state index in [4.69, 9.17) is 0 Å². The highest BCUT2D eigenvalue weighted by atomic mass is 32.2. The molecule has 1 amide bonds. The first kappa shape index (κ1) is 23.4. The summed E-state index contributed by atoms with van der Waals surface area (Å²) in [6, 6.07) is 2.88. The fourth-order valence-electron chi connectivity index (χ4n) is 4.94. The first-order valence-electron chi connectivity index (χ1n) is 11.2. The van der Waals surface area contributed by atoms with Gasteiger partial charge in [-0.25, -0.2) is 8.70 Å². The van der Waals surface area contributed by atoms with E-state index in [1.165, 1.54) is 35.0 Å². The Kier molecular flexibility index (Phi) is 5.58. The minimum atomic E-state index is -4.74. The largest absolute Gasteiger partial charge is 0.420 e. The molecule has 2 aromatic rings. The van der Waals surface area contributed by atoms with Crippen LogP contribution in [0.3, 0.4) is 0 Å². The molecule has 3 fully saturated rings. The van der Waals surface area contributed by atoms with E-state index < -0.39 is 29.5 Å². The van der Waals surface area contributed by atoms with E-state index in [-0.39, 0.29) is 35.2 Å². The number of halogens is 4. The van der Waals surface area contributed by atoms with E-state index >= 15 is 0 Å². The maximum atomic E-state index is 14.2. The zero-order valence-electron chi connectivity index (χ0n) is 18.8. The van der Waals surface area contributed by atoms with E-state index in [0.717, 1.165) is 4.73 Å². The van der Waals surface area contributed by atoms with Crippen LogP contribution in [0.25, 0.3) is 0 Å². The summed E-state index contributed by atoms with van der Waals surface area (Å²) >= 11 is 1.18. The molecule has 1 unspecified atom stereocenters. The lowest BCUT2D eigenvalue weighted by atomic mass is 9.71. The van der Waals surface area contributed by atoms with E-state index in [9.17, 15) is 27.6 Å². The highest BCUT2D eigenvalue weighted by molar-refractivity contribution is 7.96. The normalized spacial score (nSPS) is 26.1. The Labute approximate surface area is 198 Å². The molecule has 7 nitrogen and oxygen atoms in total. The molecule has 2 N–H and O–H groups in total. The van der Waals surface area contributed by atoms with Crippen LogP contribution >= 0.6 is 11.9 Å². The summed E-state index contributed by atoms with van der Waals surface area (Å²) in [7, 11) is 3.53. The number of hydrogen-bond acceptors (Lipinski definition) is 5. The van der Waals surface area contributed by atoms with Crippen molar-refractivity contribution in [2.24, 2.45) is 11.3 Å². The maximum Gasteiger partial charge on any atom is 0.420 e. The van der Waals surface area contributed by atoms with Crippen LogP contribution in [-0.4, -0.2) is 45.5 Å². The van der Waals surface area contributed by atoms with Crippen molar-refractivity contribution in [1.29, 1.82) is 0 Å². The van der Waals surface area contributed by atoms with Gasteiger partial charge >= 0.3 is 11.2 Å². The molecule has 0 bridgehead atoms. The number of aromatic nitrogens is 3. The van der Waals surface area contributed by atoms with Crippen LogP contribution < -0.4 is 10.0 Å². The summed E-state index contributed by atoms with van der Waals surface area (Å²) in [6.07, 6.45) is -1.31. The monoisotopic (exact) mass is 500 g/mol. The predicted octanol–water partition coefficient (Wildman–Crippen LogP) is 4.26. The summed E-state index contributed by atoms with van der Waals surface area (Å²) < 4.78 is 59.8. The van der Waals surface area contributed by atoms with Gasteiger partial charge < -0.3 is 5.32 Å². The summed E-state index contributed by atoms with van der Waals surface area (Å²) in [6.45, 7) is 0.153. The quantitative estimate of drug-likeness (QED) is 0.257. The first-order chi connectivity index (χ1) is 16.0. The van der Waals surface area contributed by atoms with Gasteiger partial charge in [0.1, 0.15) is 17.4 Å². The molecule has 1 spiro atoms. The van der Waals surface area contributed by atoms with Gasteiger partial charge in [0.15, 0.2) is 0 Å². The Hall–Kier alpha value is -2.34. The fourth-order valence-corrected chi connectivity index (χ4v) is 5.64. The number of pyridine rings is 1. The lowest BCUT2D eigenvalue weighted by Gasteiger charge is -2.35. The number of nitrogens with one attached hydrogen (secondary N) is 1. The Morgan fingerprint density at radius 2 is 2.03 bits per heavy atom. The number of carbonyl (C=O) groups is 1. The van der Waals surface area contributed by atoms with Crippen LogP contribution in [0, 0.1) is 11.3 Å². The summed E-state index contributed by atoms with van der Waals surface area (Å²) in [4.78, 5) is 13.2. The lowest BCUT2D eigenvalue weighted by Crippen LogP contribution is -2.34. The van der Waals surface area contributed by atoms with E-state index in [0.29, 0.717) is 37.1 Å². The number of amides is 1. The third-order valence-corrected chi connectivity index (χ3v) is 7.64. The second-order valence-electron chi connectivity index (χ2n) is 9.83. The van der Waals surface area contributed by atoms with E-state index in [2.05, 4.69) is 10.4 Å². The third-order valence-electron chi connectivity index (χ3n) is 6.79. The minimum Gasteiger partial charge on any atom is -0.320 e. The molecule has 1 atom stereocenters. The van der Waals surface area contributed by atoms with Crippen molar-refractivity contribution in [2.45, 2.75) is 61.9 Å². The van der Waals surface area contributed by atoms with Crippen LogP contribution in [0.1, 0.15) is 59.8 Å². The number of alkyl halides is 4. The van der Waals surface area contributed by atoms with E-state index in [1.54, 1.807) is 18.4 Å².